The molecule has 1 aromatic carbocycles. The first-order chi connectivity index (χ1) is 13.1. The highest BCUT2D eigenvalue weighted by Gasteiger charge is 2.23. The van der Waals surface area contributed by atoms with E-state index in [9.17, 15) is 4.79 Å². The monoisotopic (exact) mass is 378 g/mol. The maximum absolute atomic E-state index is 13.1. The summed E-state index contributed by atoms with van der Waals surface area (Å²) in [6, 6.07) is 12.1. The van der Waals surface area contributed by atoms with Gasteiger partial charge in [0.2, 0.25) is 0 Å². The number of fused-ring (bicyclic) bond motifs is 1. The molecule has 0 aliphatic rings. The smallest absolute Gasteiger partial charge is 0.270 e. The van der Waals surface area contributed by atoms with Crippen LogP contribution >= 0.6 is 0 Å². The molecule has 2 heterocycles. The summed E-state index contributed by atoms with van der Waals surface area (Å²) < 4.78 is 1.67. The van der Waals surface area contributed by atoms with Crippen molar-refractivity contribution < 1.29 is 4.79 Å². The van der Waals surface area contributed by atoms with Crippen LogP contribution in [-0.2, 0) is 5.41 Å². The standard InChI is InChI=1S/C23H30N4O/c1-14(2)16(4)24-22(28)19-12-18(17-10-8-15(3)9-11-17)25-21-13-20(23(5,6)7)26-27(19)21/h8-14,16H,1-7H3,(H,24,28). The Morgan fingerprint density at radius 2 is 1.71 bits per heavy atom. The van der Waals surface area contributed by atoms with Crippen LogP contribution in [0.15, 0.2) is 36.4 Å². The first kappa shape index (κ1) is 20.1. The number of carbonyl (C=O) groups is 1. The van der Waals surface area contributed by atoms with Crippen LogP contribution in [0.4, 0.5) is 0 Å². The van der Waals surface area contributed by atoms with E-state index in [1.165, 1.54) is 5.56 Å². The number of amides is 1. The van der Waals surface area contributed by atoms with Crippen molar-refractivity contribution in [2.45, 2.75) is 59.9 Å². The van der Waals surface area contributed by atoms with Crippen molar-refractivity contribution >= 4 is 11.6 Å². The lowest BCUT2D eigenvalue weighted by atomic mass is 9.93. The van der Waals surface area contributed by atoms with E-state index in [0.717, 1.165) is 17.0 Å². The summed E-state index contributed by atoms with van der Waals surface area (Å²) in [4.78, 5) is 17.9. The summed E-state index contributed by atoms with van der Waals surface area (Å²) in [6.07, 6.45) is 0. The van der Waals surface area contributed by atoms with Gasteiger partial charge in [-0.1, -0.05) is 64.4 Å². The summed E-state index contributed by atoms with van der Waals surface area (Å²) in [7, 11) is 0. The average molecular weight is 379 g/mol. The van der Waals surface area contributed by atoms with Gasteiger partial charge in [-0.3, -0.25) is 4.79 Å². The second-order valence-corrected chi connectivity index (χ2v) is 8.95. The number of aromatic nitrogens is 3. The fraction of sp³-hybridized carbons (Fsp3) is 0.435. The first-order valence-electron chi connectivity index (χ1n) is 9.85. The Kier molecular flexibility index (Phi) is 5.28. The molecular formula is C23H30N4O. The number of carbonyl (C=O) groups excluding carboxylic acids is 1. The minimum Gasteiger partial charge on any atom is -0.348 e. The van der Waals surface area contributed by atoms with E-state index in [0.29, 0.717) is 17.3 Å². The molecule has 3 aromatic rings. The molecule has 0 bridgehead atoms. The van der Waals surface area contributed by atoms with Gasteiger partial charge in [0.25, 0.3) is 5.91 Å². The number of nitrogens with zero attached hydrogens (tertiary/aromatic N) is 3. The van der Waals surface area contributed by atoms with Crippen LogP contribution in [0.25, 0.3) is 16.9 Å². The van der Waals surface area contributed by atoms with Crippen LogP contribution in [0.2, 0.25) is 0 Å². The summed E-state index contributed by atoms with van der Waals surface area (Å²) >= 11 is 0. The number of benzene rings is 1. The normalized spacial score (nSPS) is 13.1. The van der Waals surface area contributed by atoms with Gasteiger partial charge in [0, 0.05) is 23.1 Å². The number of hydrogen-bond acceptors (Lipinski definition) is 3. The zero-order chi connectivity index (χ0) is 20.6. The van der Waals surface area contributed by atoms with Crippen molar-refractivity contribution in [1.29, 1.82) is 0 Å². The van der Waals surface area contributed by atoms with Crippen molar-refractivity contribution in [2.75, 3.05) is 0 Å². The highest BCUT2D eigenvalue weighted by molar-refractivity contribution is 5.94. The lowest BCUT2D eigenvalue weighted by molar-refractivity contribution is 0.0922. The molecule has 1 N–H and O–H groups in total. The fourth-order valence-corrected chi connectivity index (χ4v) is 2.82. The van der Waals surface area contributed by atoms with Crippen LogP contribution in [0.5, 0.6) is 0 Å². The predicted molar refractivity (Wildman–Crippen MR) is 114 cm³/mol. The van der Waals surface area contributed by atoms with E-state index < -0.39 is 0 Å². The highest BCUT2D eigenvalue weighted by atomic mass is 16.2. The maximum atomic E-state index is 13.1. The Morgan fingerprint density at radius 1 is 1.07 bits per heavy atom. The van der Waals surface area contributed by atoms with Crippen LogP contribution in [0, 0.1) is 12.8 Å². The number of nitrogens with one attached hydrogen (secondary N) is 1. The van der Waals surface area contributed by atoms with E-state index in [2.05, 4.69) is 59.0 Å². The number of hydrogen-bond donors (Lipinski definition) is 1. The second-order valence-electron chi connectivity index (χ2n) is 8.95. The van der Waals surface area contributed by atoms with Crippen LogP contribution < -0.4 is 5.32 Å². The third-order valence-electron chi connectivity index (χ3n) is 5.13. The van der Waals surface area contributed by atoms with Crippen molar-refractivity contribution in [3.8, 4) is 11.3 Å². The molecule has 1 amide bonds. The van der Waals surface area contributed by atoms with Gasteiger partial charge in [-0.2, -0.15) is 5.10 Å². The predicted octanol–water partition coefficient (Wildman–Crippen LogP) is 4.78. The summed E-state index contributed by atoms with van der Waals surface area (Å²) in [5.74, 6) is 0.214. The Labute approximate surface area is 167 Å². The number of rotatable bonds is 4. The Morgan fingerprint density at radius 3 is 2.29 bits per heavy atom. The topological polar surface area (TPSA) is 59.3 Å². The molecule has 1 atom stereocenters. The molecule has 1 unspecified atom stereocenters. The Hall–Kier alpha value is -2.69. The molecule has 2 aromatic heterocycles. The van der Waals surface area contributed by atoms with Crippen LogP contribution in [0.1, 0.15) is 63.3 Å². The summed E-state index contributed by atoms with van der Waals surface area (Å²) in [6.45, 7) is 14.6. The minimum absolute atomic E-state index is 0.0659. The molecule has 0 fully saturated rings. The molecule has 0 saturated heterocycles. The molecule has 5 nitrogen and oxygen atoms in total. The Balaban J connectivity index is 2.16. The Bertz CT molecular complexity index is 994. The molecule has 28 heavy (non-hydrogen) atoms. The largest absolute Gasteiger partial charge is 0.348 e. The van der Waals surface area contributed by atoms with Gasteiger partial charge >= 0.3 is 0 Å². The molecule has 0 aliphatic heterocycles. The first-order valence-corrected chi connectivity index (χ1v) is 9.85. The highest BCUT2D eigenvalue weighted by Crippen LogP contribution is 2.25. The van der Waals surface area contributed by atoms with Gasteiger partial charge < -0.3 is 5.32 Å². The molecule has 0 radical (unpaired) electrons. The van der Waals surface area contributed by atoms with E-state index in [4.69, 9.17) is 10.1 Å². The molecule has 0 spiro atoms. The van der Waals surface area contributed by atoms with E-state index in [-0.39, 0.29) is 17.4 Å². The summed E-state index contributed by atoms with van der Waals surface area (Å²) in [5.41, 5.74) is 4.91. The molecule has 3 rings (SSSR count). The lowest BCUT2D eigenvalue weighted by Crippen LogP contribution is -2.37. The van der Waals surface area contributed by atoms with E-state index >= 15 is 0 Å². The van der Waals surface area contributed by atoms with Crippen LogP contribution in [-0.4, -0.2) is 26.5 Å². The zero-order valence-corrected chi connectivity index (χ0v) is 17.9. The van der Waals surface area contributed by atoms with Gasteiger partial charge in [0.05, 0.1) is 11.4 Å². The van der Waals surface area contributed by atoms with Crippen molar-refractivity contribution in [2.24, 2.45) is 5.92 Å². The average Bonchev–Trinajstić information content (AvgIpc) is 3.05. The van der Waals surface area contributed by atoms with Gasteiger partial charge in [-0.25, -0.2) is 9.50 Å². The molecular weight excluding hydrogens is 348 g/mol. The number of aryl methyl sites for hydroxylation is 1. The van der Waals surface area contributed by atoms with Crippen molar-refractivity contribution in [3.05, 3.63) is 53.3 Å². The molecule has 148 valence electrons. The molecule has 5 heteroatoms. The van der Waals surface area contributed by atoms with Crippen molar-refractivity contribution in [3.63, 3.8) is 0 Å². The van der Waals surface area contributed by atoms with Gasteiger partial charge in [-0.05, 0) is 25.8 Å². The SMILES string of the molecule is Cc1ccc(-c2cc(C(=O)NC(C)C(C)C)n3nc(C(C)(C)C)cc3n2)cc1. The van der Waals surface area contributed by atoms with Gasteiger partial charge in [-0.15, -0.1) is 0 Å². The third-order valence-corrected chi connectivity index (χ3v) is 5.13. The van der Waals surface area contributed by atoms with Gasteiger partial charge in [0.1, 0.15) is 5.69 Å². The summed E-state index contributed by atoms with van der Waals surface area (Å²) in [5, 5.41) is 7.80. The second kappa shape index (κ2) is 7.38. The molecule has 0 saturated carbocycles. The fourth-order valence-electron chi connectivity index (χ4n) is 2.82. The lowest BCUT2D eigenvalue weighted by Gasteiger charge is -2.18. The van der Waals surface area contributed by atoms with Crippen molar-refractivity contribution in [1.82, 2.24) is 19.9 Å². The van der Waals surface area contributed by atoms with Crippen LogP contribution in [0.3, 0.4) is 0 Å². The quantitative estimate of drug-likeness (QED) is 0.711. The maximum Gasteiger partial charge on any atom is 0.270 e. The van der Waals surface area contributed by atoms with E-state index in [1.807, 2.05) is 31.2 Å². The van der Waals surface area contributed by atoms with E-state index in [1.54, 1.807) is 4.52 Å². The minimum atomic E-state index is -0.134. The third kappa shape index (κ3) is 4.08. The molecule has 0 aliphatic carbocycles. The zero-order valence-electron chi connectivity index (χ0n) is 17.9. The van der Waals surface area contributed by atoms with Gasteiger partial charge in [0.15, 0.2) is 5.65 Å².